The molecule has 3 aromatic rings. The van der Waals surface area contributed by atoms with Crippen LogP contribution in [0.3, 0.4) is 0 Å². The van der Waals surface area contributed by atoms with Gasteiger partial charge in [-0.1, -0.05) is 6.92 Å². The van der Waals surface area contributed by atoms with Crippen LogP contribution in [0.5, 0.6) is 0 Å². The standard InChI is InChI=1S/C20H27N7S/c1-3-26-9-10-27-17(16-12-23-24(2)14-16)13-22-19(27)20(26)4-7-25(8-5-20)15-18-21-6-11-28-18/h6,11-14H,3-5,7-10,15H2,1-2H3. The molecule has 5 rings (SSSR count). The summed E-state index contributed by atoms with van der Waals surface area (Å²) in [6.07, 6.45) is 10.2. The van der Waals surface area contributed by atoms with Gasteiger partial charge in [0, 0.05) is 56.6 Å². The summed E-state index contributed by atoms with van der Waals surface area (Å²) in [6.45, 7) is 8.58. The fraction of sp³-hybridized carbons (Fsp3) is 0.550. The van der Waals surface area contributed by atoms with Gasteiger partial charge in [-0.25, -0.2) is 9.97 Å². The Morgan fingerprint density at radius 2 is 1.96 bits per heavy atom. The molecule has 1 spiro atoms. The minimum absolute atomic E-state index is 0.0484. The summed E-state index contributed by atoms with van der Waals surface area (Å²) in [4.78, 5) is 14.6. The molecule has 0 N–H and O–H groups in total. The number of fused-ring (bicyclic) bond motifs is 2. The second kappa shape index (κ2) is 7.09. The molecular formula is C20H27N7S. The number of hydrogen-bond acceptors (Lipinski definition) is 6. The lowest BCUT2D eigenvalue weighted by atomic mass is 9.83. The average molecular weight is 398 g/mol. The van der Waals surface area contributed by atoms with E-state index in [9.17, 15) is 0 Å². The van der Waals surface area contributed by atoms with E-state index in [-0.39, 0.29) is 5.54 Å². The van der Waals surface area contributed by atoms with Crippen LogP contribution in [-0.4, -0.2) is 60.3 Å². The number of rotatable bonds is 4. The molecule has 148 valence electrons. The van der Waals surface area contributed by atoms with Crippen LogP contribution >= 0.6 is 11.3 Å². The summed E-state index contributed by atoms with van der Waals surface area (Å²) < 4.78 is 4.31. The van der Waals surface area contributed by atoms with E-state index < -0.39 is 0 Å². The maximum Gasteiger partial charge on any atom is 0.129 e. The van der Waals surface area contributed by atoms with Gasteiger partial charge in [-0.15, -0.1) is 11.3 Å². The number of piperidine rings is 1. The molecular weight excluding hydrogens is 370 g/mol. The SMILES string of the molecule is CCN1CCn2c(-c3cnn(C)c3)cnc2C12CCN(Cc1nccs1)CC2. The van der Waals surface area contributed by atoms with Crippen LogP contribution in [0.1, 0.15) is 30.6 Å². The van der Waals surface area contributed by atoms with Crippen LogP contribution in [0.2, 0.25) is 0 Å². The fourth-order valence-electron chi connectivity index (χ4n) is 4.94. The molecule has 7 nitrogen and oxygen atoms in total. The zero-order valence-electron chi connectivity index (χ0n) is 16.6. The van der Waals surface area contributed by atoms with Gasteiger partial charge in [-0.2, -0.15) is 5.10 Å². The molecule has 0 saturated carbocycles. The Morgan fingerprint density at radius 3 is 2.64 bits per heavy atom. The Kier molecular flexibility index (Phi) is 4.57. The van der Waals surface area contributed by atoms with Crippen LogP contribution in [0.25, 0.3) is 11.3 Å². The van der Waals surface area contributed by atoms with Crippen molar-refractivity contribution in [1.82, 2.24) is 34.1 Å². The number of thiazole rings is 1. The van der Waals surface area contributed by atoms with Crippen LogP contribution in [-0.2, 0) is 25.7 Å². The van der Waals surface area contributed by atoms with Gasteiger partial charge in [-0.05, 0) is 19.4 Å². The van der Waals surface area contributed by atoms with Gasteiger partial charge in [0.2, 0.25) is 0 Å². The number of hydrogen-bond donors (Lipinski definition) is 0. The number of imidazole rings is 1. The Morgan fingerprint density at radius 1 is 1.11 bits per heavy atom. The van der Waals surface area contributed by atoms with E-state index >= 15 is 0 Å². The lowest BCUT2D eigenvalue weighted by molar-refractivity contribution is -0.00773. The molecule has 0 aliphatic carbocycles. The average Bonchev–Trinajstić information content (AvgIpc) is 3.45. The highest BCUT2D eigenvalue weighted by molar-refractivity contribution is 7.09. The van der Waals surface area contributed by atoms with Gasteiger partial charge in [0.25, 0.3) is 0 Å². The first-order valence-corrected chi connectivity index (χ1v) is 11.0. The molecule has 2 aliphatic heterocycles. The van der Waals surface area contributed by atoms with Crippen molar-refractivity contribution in [3.8, 4) is 11.3 Å². The molecule has 0 unspecified atom stereocenters. The van der Waals surface area contributed by atoms with E-state index in [4.69, 9.17) is 4.98 Å². The van der Waals surface area contributed by atoms with Crippen molar-refractivity contribution in [1.29, 1.82) is 0 Å². The number of likely N-dealkylation sites (N-methyl/N-ethyl adjacent to an activating group) is 1. The summed E-state index contributed by atoms with van der Waals surface area (Å²) in [7, 11) is 1.97. The van der Waals surface area contributed by atoms with Gasteiger partial charge in [0.1, 0.15) is 10.8 Å². The first-order chi connectivity index (χ1) is 13.7. The third-order valence-electron chi connectivity index (χ3n) is 6.38. The highest BCUT2D eigenvalue weighted by Crippen LogP contribution is 2.42. The maximum absolute atomic E-state index is 4.97. The Balaban J connectivity index is 1.43. The Hall–Kier alpha value is -2.03. The van der Waals surface area contributed by atoms with E-state index in [1.165, 1.54) is 16.5 Å². The zero-order valence-corrected chi connectivity index (χ0v) is 17.4. The molecule has 0 bridgehead atoms. The summed E-state index contributed by atoms with van der Waals surface area (Å²) >= 11 is 1.75. The van der Waals surface area contributed by atoms with Crippen LogP contribution in [0.4, 0.5) is 0 Å². The fourth-order valence-corrected chi connectivity index (χ4v) is 5.60. The van der Waals surface area contributed by atoms with Gasteiger partial charge < -0.3 is 4.57 Å². The summed E-state index contributed by atoms with van der Waals surface area (Å²) in [5.41, 5.74) is 2.40. The zero-order chi connectivity index (χ0) is 19.1. The van der Waals surface area contributed by atoms with E-state index in [0.29, 0.717) is 0 Å². The number of nitrogens with zero attached hydrogens (tertiary/aromatic N) is 7. The van der Waals surface area contributed by atoms with Crippen LogP contribution < -0.4 is 0 Å². The van der Waals surface area contributed by atoms with Gasteiger partial charge in [-0.3, -0.25) is 14.5 Å². The molecule has 0 atom stereocenters. The summed E-state index contributed by atoms with van der Waals surface area (Å²) in [5.74, 6) is 1.24. The van der Waals surface area contributed by atoms with Crippen molar-refractivity contribution in [3.05, 3.63) is 41.0 Å². The molecule has 8 heteroatoms. The lowest BCUT2D eigenvalue weighted by Gasteiger charge is -2.50. The highest BCUT2D eigenvalue weighted by atomic mass is 32.1. The maximum atomic E-state index is 4.97. The molecule has 1 saturated heterocycles. The van der Waals surface area contributed by atoms with E-state index in [0.717, 1.165) is 57.7 Å². The monoisotopic (exact) mass is 397 g/mol. The first kappa shape index (κ1) is 18.0. The summed E-state index contributed by atoms with van der Waals surface area (Å²) in [6, 6.07) is 0. The third-order valence-corrected chi connectivity index (χ3v) is 7.14. The van der Waals surface area contributed by atoms with Crippen LogP contribution in [0.15, 0.2) is 30.2 Å². The molecule has 0 aromatic carbocycles. The van der Waals surface area contributed by atoms with Gasteiger partial charge >= 0.3 is 0 Å². The highest BCUT2D eigenvalue weighted by Gasteiger charge is 2.46. The van der Waals surface area contributed by atoms with E-state index in [1.54, 1.807) is 11.3 Å². The lowest BCUT2D eigenvalue weighted by Crippen LogP contribution is -2.57. The minimum atomic E-state index is 0.0484. The van der Waals surface area contributed by atoms with E-state index in [2.05, 4.69) is 49.1 Å². The molecule has 3 aromatic heterocycles. The topological polar surface area (TPSA) is 55.0 Å². The van der Waals surface area contributed by atoms with Crippen molar-refractivity contribution < 1.29 is 0 Å². The second-order valence-corrected chi connectivity index (χ2v) is 8.81. The van der Waals surface area contributed by atoms with Crippen molar-refractivity contribution in [3.63, 3.8) is 0 Å². The van der Waals surface area contributed by atoms with E-state index in [1.807, 2.05) is 24.1 Å². The number of likely N-dealkylation sites (tertiary alicyclic amines) is 1. The number of aromatic nitrogens is 5. The Bertz CT molecular complexity index is 934. The van der Waals surface area contributed by atoms with Crippen molar-refractivity contribution in [2.45, 2.75) is 38.4 Å². The number of aryl methyl sites for hydroxylation is 1. The normalized spacial score (nSPS) is 19.9. The molecule has 2 aliphatic rings. The molecule has 0 radical (unpaired) electrons. The summed E-state index contributed by atoms with van der Waals surface area (Å²) in [5, 5.41) is 7.64. The molecule has 1 fully saturated rings. The molecule has 5 heterocycles. The van der Waals surface area contributed by atoms with Crippen molar-refractivity contribution in [2.75, 3.05) is 26.2 Å². The minimum Gasteiger partial charge on any atom is -0.325 e. The predicted molar refractivity (Wildman–Crippen MR) is 110 cm³/mol. The third kappa shape index (κ3) is 2.91. The molecule has 0 amide bonds. The quantitative estimate of drug-likeness (QED) is 0.677. The largest absolute Gasteiger partial charge is 0.325 e. The first-order valence-electron chi connectivity index (χ1n) is 10.1. The predicted octanol–water partition coefficient (Wildman–Crippen LogP) is 2.57. The second-order valence-electron chi connectivity index (χ2n) is 7.83. The van der Waals surface area contributed by atoms with Gasteiger partial charge in [0.05, 0.1) is 30.2 Å². The molecule has 28 heavy (non-hydrogen) atoms. The van der Waals surface area contributed by atoms with Crippen molar-refractivity contribution >= 4 is 11.3 Å². The van der Waals surface area contributed by atoms with Gasteiger partial charge in [0.15, 0.2) is 0 Å². The van der Waals surface area contributed by atoms with Crippen molar-refractivity contribution in [2.24, 2.45) is 7.05 Å². The smallest absolute Gasteiger partial charge is 0.129 e. The Labute approximate surface area is 169 Å². The van der Waals surface area contributed by atoms with Crippen LogP contribution in [0, 0.1) is 0 Å².